The first-order chi connectivity index (χ1) is 8.23. The van der Waals surface area contributed by atoms with E-state index >= 15 is 0 Å². The van der Waals surface area contributed by atoms with Crippen LogP contribution in [0.15, 0.2) is 23.1 Å². The molecular weight excluding hydrogens is 230 g/mol. The van der Waals surface area contributed by atoms with Gasteiger partial charge in [0.1, 0.15) is 6.10 Å². The van der Waals surface area contributed by atoms with Crippen molar-refractivity contribution in [1.82, 2.24) is 4.57 Å². The van der Waals surface area contributed by atoms with Crippen LogP contribution in [0.5, 0.6) is 0 Å². The van der Waals surface area contributed by atoms with E-state index in [9.17, 15) is 4.79 Å². The zero-order valence-electron chi connectivity index (χ0n) is 11.7. The molecule has 1 unspecified atom stereocenters. The van der Waals surface area contributed by atoms with Crippen molar-refractivity contribution in [2.75, 3.05) is 6.61 Å². The molecule has 0 saturated carbocycles. The van der Waals surface area contributed by atoms with Gasteiger partial charge in [-0.15, -0.1) is 0 Å². The van der Waals surface area contributed by atoms with Gasteiger partial charge in [0.2, 0.25) is 5.56 Å². The number of ether oxygens (including phenoxy) is 2. The van der Waals surface area contributed by atoms with Crippen molar-refractivity contribution in [1.29, 1.82) is 0 Å². The van der Waals surface area contributed by atoms with E-state index in [0.717, 1.165) is 5.56 Å². The van der Waals surface area contributed by atoms with Crippen molar-refractivity contribution >= 4 is 0 Å². The molecule has 0 aromatic carbocycles. The first kappa shape index (κ1) is 13.3. The van der Waals surface area contributed by atoms with Crippen molar-refractivity contribution < 1.29 is 9.47 Å². The number of aryl methyl sites for hydroxylation is 1. The van der Waals surface area contributed by atoms with Gasteiger partial charge in [-0.25, -0.2) is 0 Å². The largest absolute Gasteiger partial charge is 0.370 e. The van der Waals surface area contributed by atoms with Gasteiger partial charge in [-0.2, -0.15) is 0 Å². The molecule has 100 valence electrons. The fourth-order valence-corrected chi connectivity index (χ4v) is 1.96. The highest BCUT2D eigenvalue weighted by molar-refractivity contribution is 5.15. The van der Waals surface area contributed by atoms with Gasteiger partial charge in [0, 0.05) is 19.3 Å². The first-order valence-electron chi connectivity index (χ1n) is 6.21. The van der Waals surface area contributed by atoms with Crippen LogP contribution in [0.4, 0.5) is 0 Å². The second kappa shape index (κ2) is 4.21. The number of pyridine rings is 1. The Morgan fingerprint density at radius 1 is 1.22 bits per heavy atom. The molecule has 1 fully saturated rings. The van der Waals surface area contributed by atoms with Gasteiger partial charge in [0.05, 0.1) is 17.8 Å². The number of hydrogen-bond donors (Lipinski definition) is 0. The van der Waals surface area contributed by atoms with Crippen molar-refractivity contribution in [2.45, 2.75) is 45.0 Å². The van der Waals surface area contributed by atoms with Crippen molar-refractivity contribution in [3.63, 3.8) is 0 Å². The molecule has 0 N–H and O–H groups in total. The number of hydrogen-bond acceptors (Lipinski definition) is 3. The Morgan fingerprint density at radius 3 is 2.44 bits per heavy atom. The van der Waals surface area contributed by atoms with Crippen molar-refractivity contribution in [3.05, 3.63) is 34.2 Å². The molecule has 0 spiro atoms. The molecule has 4 nitrogen and oxygen atoms in total. The molecule has 2 rings (SSSR count). The summed E-state index contributed by atoms with van der Waals surface area (Å²) >= 11 is 0. The van der Waals surface area contributed by atoms with E-state index in [1.54, 1.807) is 17.7 Å². The van der Waals surface area contributed by atoms with Gasteiger partial charge in [0.25, 0.3) is 0 Å². The molecule has 4 heteroatoms. The Morgan fingerprint density at radius 2 is 1.89 bits per heavy atom. The fourth-order valence-electron chi connectivity index (χ4n) is 1.96. The first-order valence-corrected chi connectivity index (χ1v) is 6.21. The van der Waals surface area contributed by atoms with Crippen LogP contribution < -0.4 is 5.56 Å². The summed E-state index contributed by atoms with van der Waals surface area (Å²) in [6, 6.07) is 3.37. The number of nitrogens with zero attached hydrogens (tertiary/aromatic N) is 1. The Balaban J connectivity index is 2.26. The molecule has 0 aliphatic carbocycles. The van der Waals surface area contributed by atoms with E-state index in [1.807, 2.05) is 40.0 Å². The highest BCUT2D eigenvalue weighted by Gasteiger charge is 2.45. The Bertz CT molecular complexity index is 502. The summed E-state index contributed by atoms with van der Waals surface area (Å²) in [5.74, 6) is 0. The minimum absolute atomic E-state index is 0.0185. The predicted octanol–water partition coefficient (Wildman–Crippen LogP) is 2.03. The van der Waals surface area contributed by atoms with Crippen molar-refractivity contribution in [3.8, 4) is 0 Å². The summed E-state index contributed by atoms with van der Waals surface area (Å²) in [4.78, 5) is 11.4. The lowest BCUT2D eigenvalue weighted by Crippen LogP contribution is -2.54. The maximum Gasteiger partial charge on any atom is 0.250 e. The molecule has 0 amide bonds. The lowest BCUT2D eigenvalue weighted by molar-refractivity contribution is -0.265. The van der Waals surface area contributed by atoms with E-state index in [1.165, 1.54) is 0 Å². The number of rotatable bonds is 1. The van der Waals surface area contributed by atoms with E-state index in [4.69, 9.17) is 9.47 Å². The van der Waals surface area contributed by atoms with E-state index < -0.39 is 0 Å². The van der Waals surface area contributed by atoms with Gasteiger partial charge >= 0.3 is 0 Å². The summed E-state index contributed by atoms with van der Waals surface area (Å²) in [6.45, 7) is 8.63. The molecule has 1 atom stereocenters. The number of aromatic nitrogens is 1. The Kier molecular flexibility index (Phi) is 3.11. The predicted molar refractivity (Wildman–Crippen MR) is 69.6 cm³/mol. The van der Waals surface area contributed by atoms with Gasteiger partial charge in [-0.05, 0) is 39.3 Å². The van der Waals surface area contributed by atoms with Gasteiger partial charge in [-0.1, -0.05) is 0 Å². The molecule has 1 aromatic heterocycles. The standard InChI is InChI=1S/C14H21NO3/c1-13(2)14(3,4)18-11(9-17-13)10-6-7-12(16)15(5)8-10/h6-8,11H,9H2,1-5H3. The molecular formula is C14H21NO3. The lowest BCUT2D eigenvalue weighted by Gasteiger charge is -2.48. The minimum atomic E-state index is -0.370. The van der Waals surface area contributed by atoms with Gasteiger partial charge in [-0.3, -0.25) is 4.79 Å². The van der Waals surface area contributed by atoms with Crippen LogP contribution in [-0.2, 0) is 16.5 Å². The normalized spacial score (nSPS) is 25.9. The van der Waals surface area contributed by atoms with Crippen LogP contribution in [0.1, 0.15) is 39.4 Å². The molecule has 1 saturated heterocycles. The highest BCUT2D eigenvalue weighted by atomic mass is 16.6. The second-order valence-electron chi connectivity index (χ2n) is 5.85. The van der Waals surface area contributed by atoms with Crippen LogP contribution in [0.3, 0.4) is 0 Å². The van der Waals surface area contributed by atoms with E-state index in [2.05, 4.69) is 0 Å². The molecule has 1 aliphatic rings. The second-order valence-corrected chi connectivity index (χ2v) is 5.85. The molecule has 2 heterocycles. The van der Waals surface area contributed by atoms with Crippen molar-refractivity contribution in [2.24, 2.45) is 7.05 Å². The summed E-state index contributed by atoms with van der Waals surface area (Å²) in [7, 11) is 1.74. The summed E-state index contributed by atoms with van der Waals surface area (Å²) < 4.78 is 13.6. The Hall–Kier alpha value is -1.13. The van der Waals surface area contributed by atoms with Crippen LogP contribution in [0, 0.1) is 0 Å². The maximum atomic E-state index is 11.4. The van der Waals surface area contributed by atoms with E-state index in [0.29, 0.717) is 6.61 Å². The monoisotopic (exact) mass is 251 g/mol. The third kappa shape index (κ3) is 2.22. The fraction of sp³-hybridized carbons (Fsp3) is 0.643. The molecule has 1 aromatic rings. The topological polar surface area (TPSA) is 40.5 Å². The lowest BCUT2D eigenvalue weighted by atomic mass is 9.87. The summed E-state index contributed by atoms with van der Waals surface area (Å²) in [5.41, 5.74) is 0.269. The molecule has 1 aliphatic heterocycles. The quantitative estimate of drug-likeness (QED) is 0.766. The summed E-state index contributed by atoms with van der Waals surface area (Å²) in [6.07, 6.45) is 1.69. The molecule has 18 heavy (non-hydrogen) atoms. The van der Waals surface area contributed by atoms with Gasteiger partial charge in [0.15, 0.2) is 0 Å². The zero-order chi connectivity index (χ0) is 13.6. The third-order valence-electron chi connectivity index (χ3n) is 3.96. The van der Waals surface area contributed by atoms with Crippen LogP contribution in [-0.4, -0.2) is 22.4 Å². The van der Waals surface area contributed by atoms with Gasteiger partial charge < -0.3 is 14.0 Å². The van der Waals surface area contributed by atoms with Crippen LogP contribution in [0.25, 0.3) is 0 Å². The minimum Gasteiger partial charge on any atom is -0.370 e. The SMILES string of the molecule is Cn1cc(C2COC(C)(C)C(C)(C)O2)ccc1=O. The highest BCUT2D eigenvalue weighted by Crippen LogP contribution is 2.39. The zero-order valence-corrected chi connectivity index (χ0v) is 11.7. The summed E-state index contributed by atoms with van der Waals surface area (Å²) in [5, 5.41) is 0. The Labute approximate surface area is 108 Å². The molecule has 0 radical (unpaired) electrons. The van der Waals surface area contributed by atoms with E-state index in [-0.39, 0.29) is 22.9 Å². The third-order valence-corrected chi connectivity index (χ3v) is 3.96. The maximum absolute atomic E-state index is 11.4. The average molecular weight is 251 g/mol. The van der Waals surface area contributed by atoms with Crippen LogP contribution in [0.2, 0.25) is 0 Å². The molecule has 0 bridgehead atoms. The average Bonchev–Trinajstić information content (AvgIpc) is 2.26. The smallest absolute Gasteiger partial charge is 0.250 e. The van der Waals surface area contributed by atoms with Crippen LogP contribution >= 0.6 is 0 Å².